The van der Waals surface area contributed by atoms with Crippen molar-refractivity contribution in [2.24, 2.45) is 5.92 Å². The molecule has 1 aliphatic heterocycles. The normalized spacial score (nSPS) is 17.6. The molecule has 1 amide bonds. The molecule has 0 saturated heterocycles. The third-order valence-corrected chi connectivity index (χ3v) is 5.44. The number of hydrogen-bond acceptors (Lipinski definition) is 5. The van der Waals surface area contributed by atoms with Gasteiger partial charge in [-0.3, -0.25) is 9.69 Å². The number of fused-ring (bicyclic) bond motifs is 1. The van der Waals surface area contributed by atoms with E-state index >= 15 is 0 Å². The van der Waals surface area contributed by atoms with Crippen LogP contribution in [0.25, 0.3) is 0 Å². The second-order valence-corrected chi connectivity index (χ2v) is 7.33. The number of benzene rings is 1. The molecule has 0 spiro atoms. The van der Waals surface area contributed by atoms with Gasteiger partial charge >= 0.3 is 0 Å². The molecule has 1 aliphatic rings. The number of hydrogen-bond donors (Lipinski definition) is 1. The lowest BCUT2D eigenvalue weighted by atomic mass is 9.89. The number of amides is 1. The van der Waals surface area contributed by atoms with Crippen LogP contribution >= 0.6 is 0 Å². The molecule has 142 valence electrons. The van der Waals surface area contributed by atoms with E-state index in [0.29, 0.717) is 12.3 Å². The van der Waals surface area contributed by atoms with Gasteiger partial charge in [-0.15, -0.1) is 0 Å². The van der Waals surface area contributed by atoms with E-state index in [4.69, 9.17) is 9.47 Å². The number of ether oxygens (including phenoxy) is 2. The molecule has 1 aromatic carbocycles. The summed E-state index contributed by atoms with van der Waals surface area (Å²) in [6, 6.07) is 5.91. The highest BCUT2D eigenvalue weighted by Gasteiger charge is 2.34. The lowest BCUT2D eigenvalue weighted by Gasteiger charge is -2.35. The van der Waals surface area contributed by atoms with Gasteiger partial charge in [0.25, 0.3) is 0 Å². The lowest BCUT2D eigenvalue weighted by Crippen LogP contribution is -2.55. The third-order valence-electron chi connectivity index (χ3n) is 5.44. The number of nitrogens with zero attached hydrogens (tertiary/aromatic N) is 2. The molecule has 0 unspecified atom stereocenters. The minimum atomic E-state index is -0.865. The van der Waals surface area contributed by atoms with E-state index in [-0.39, 0.29) is 17.9 Å². The SMILES string of the molecule is COc1cc2c(cc1OC)CN([C@@H](C)C(=O)N[C@@](C)(C#N)C(C)C)CC2. The molecule has 0 radical (unpaired) electrons. The Kier molecular flexibility index (Phi) is 6.14. The summed E-state index contributed by atoms with van der Waals surface area (Å²) in [5.74, 6) is 1.34. The van der Waals surface area contributed by atoms with E-state index in [1.165, 1.54) is 5.56 Å². The second kappa shape index (κ2) is 7.96. The lowest BCUT2D eigenvalue weighted by molar-refractivity contribution is -0.127. The summed E-state index contributed by atoms with van der Waals surface area (Å²) in [5, 5.41) is 12.3. The Morgan fingerprint density at radius 3 is 2.31 bits per heavy atom. The number of carbonyl (C=O) groups is 1. The minimum absolute atomic E-state index is 0.0301. The predicted molar refractivity (Wildman–Crippen MR) is 100 cm³/mol. The number of methoxy groups -OCH3 is 2. The first-order valence-corrected chi connectivity index (χ1v) is 8.96. The molecule has 2 atom stereocenters. The monoisotopic (exact) mass is 359 g/mol. The van der Waals surface area contributed by atoms with E-state index in [0.717, 1.165) is 24.3 Å². The molecule has 2 rings (SSSR count). The fourth-order valence-electron chi connectivity index (χ4n) is 3.06. The molecule has 0 saturated carbocycles. The average Bonchev–Trinajstić information content (AvgIpc) is 2.65. The van der Waals surface area contributed by atoms with Crippen molar-refractivity contribution in [2.75, 3.05) is 20.8 Å². The number of nitrogens with one attached hydrogen (secondary N) is 1. The van der Waals surface area contributed by atoms with Gasteiger partial charge in [-0.25, -0.2) is 0 Å². The zero-order chi connectivity index (χ0) is 19.5. The summed E-state index contributed by atoms with van der Waals surface area (Å²) < 4.78 is 10.8. The third kappa shape index (κ3) is 3.94. The standard InChI is InChI=1S/C20H29N3O3/c1-13(2)20(4,12-21)22-19(24)14(3)23-8-7-15-9-17(25-5)18(26-6)10-16(15)11-23/h9-10,13-14H,7-8,11H2,1-6H3,(H,22,24)/t14-,20-/m0/s1. The Labute approximate surface area is 156 Å². The summed E-state index contributed by atoms with van der Waals surface area (Å²) in [4.78, 5) is 14.8. The molecule has 0 bridgehead atoms. The largest absolute Gasteiger partial charge is 0.493 e. The van der Waals surface area contributed by atoms with Crippen molar-refractivity contribution in [3.8, 4) is 17.6 Å². The Morgan fingerprint density at radius 2 is 1.81 bits per heavy atom. The molecule has 1 aromatic rings. The Bertz CT molecular complexity index is 711. The molecule has 26 heavy (non-hydrogen) atoms. The van der Waals surface area contributed by atoms with Crippen molar-refractivity contribution in [1.29, 1.82) is 5.26 Å². The van der Waals surface area contributed by atoms with Crippen LogP contribution in [-0.4, -0.2) is 43.2 Å². The molecule has 6 nitrogen and oxygen atoms in total. The highest BCUT2D eigenvalue weighted by molar-refractivity contribution is 5.82. The van der Waals surface area contributed by atoms with Gasteiger partial charge in [0, 0.05) is 13.1 Å². The summed E-state index contributed by atoms with van der Waals surface area (Å²) >= 11 is 0. The maximum Gasteiger partial charge on any atom is 0.238 e. The van der Waals surface area contributed by atoms with Crippen LogP contribution in [-0.2, 0) is 17.8 Å². The van der Waals surface area contributed by atoms with Crippen molar-refractivity contribution < 1.29 is 14.3 Å². The quantitative estimate of drug-likeness (QED) is 0.845. The van der Waals surface area contributed by atoms with Crippen LogP contribution in [0.1, 0.15) is 38.8 Å². The average molecular weight is 359 g/mol. The van der Waals surface area contributed by atoms with Gasteiger partial charge in [-0.05, 0) is 49.4 Å². The number of nitriles is 1. The van der Waals surface area contributed by atoms with E-state index < -0.39 is 5.54 Å². The number of carbonyl (C=O) groups excluding carboxylic acids is 1. The second-order valence-electron chi connectivity index (χ2n) is 7.33. The van der Waals surface area contributed by atoms with Crippen LogP contribution in [0.5, 0.6) is 11.5 Å². The molecular formula is C20H29N3O3. The first-order valence-electron chi connectivity index (χ1n) is 8.96. The van der Waals surface area contributed by atoms with E-state index in [1.54, 1.807) is 21.1 Å². The molecular weight excluding hydrogens is 330 g/mol. The van der Waals surface area contributed by atoms with Gasteiger partial charge < -0.3 is 14.8 Å². The van der Waals surface area contributed by atoms with Crippen molar-refractivity contribution in [1.82, 2.24) is 10.2 Å². The zero-order valence-corrected chi connectivity index (χ0v) is 16.5. The molecule has 0 aromatic heterocycles. The fourth-order valence-corrected chi connectivity index (χ4v) is 3.06. The van der Waals surface area contributed by atoms with Crippen molar-refractivity contribution in [3.05, 3.63) is 23.3 Å². The van der Waals surface area contributed by atoms with Crippen molar-refractivity contribution >= 4 is 5.91 Å². The number of rotatable bonds is 6. The maximum atomic E-state index is 12.7. The van der Waals surface area contributed by atoms with Crippen LogP contribution in [0, 0.1) is 17.2 Å². The Morgan fingerprint density at radius 1 is 1.23 bits per heavy atom. The molecule has 1 heterocycles. The van der Waals surface area contributed by atoms with Crippen LogP contribution in [0.3, 0.4) is 0 Å². The summed E-state index contributed by atoms with van der Waals surface area (Å²) in [6.07, 6.45) is 0.840. The van der Waals surface area contributed by atoms with Crippen molar-refractivity contribution in [2.45, 2.75) is 52.2 Å². The summed E-state index contributed by atoms with van der Waals surface area (Å²) in [7, 11) is 3.25. The van der Waals surface area contributed by atoms with Gasteiger partial charge in [0.05, 0.1) is 26.3 Å². The van der Waals surface area contributed by atoms with E-state index in [9.17, 15) is 10.1 Å². The smallest absolute Gasteiger partial charge is 0.238 e. The zero-order valence-electron chi connectivity index (χ0n) is 16.5. The fraction of sp³-hybridized carbons (Fsp3) is 0.600. The minimum Gasteiger partial charge on any atom is -0.493 e. The molecule has 1 N–H and O–H groups in total. The molecule has 0 aliphatic carbocycles. The van der Waals surface area contributed by atoms with E-state index in [1.807, 2.05) is 32.9 Å². The Hall–Kier alpha value is -2.26. The van der Waals surface area contributed by atoms with Gasteiger partial charge in [0.15, 0.2) is 11.5 Å². The van der Waals surface area contributed by atoms with Crippen LogP contribution in [0.15, 0.2) is 12.1 Å². The predicted octanol–water partition coefficient (Wildman–Crippen LogP) is 2.50. The van der Waals surface area contributed by atoms with Gasteiger partial charge in [0.2, 0.25) is 5.91 Å². The molecule has 0 fully saturated rings. The Balaban J connectivity index is 2.15. The van der Waals surface area contributed by atoms with Crippen LogP contribution in [0.2, 0.25) is 0 Å². The first-order chi connectivity index (χ1) is 12.3. The van der Waals surface area contributed by atoms with Crippen LogP contribution in [0.4, 0.5) is 0 Å². The summed E-state index contributed by atoms with van der Waals surface area (Å²) in [6.45, 7) is 8.97. The van der Waals surface area contributed by atoms with Crippen LogP contribution < -0.4 is 14.8 Å². The van der Waals surface area contributed by atoms with E-state index in [2.05, 4.69) is 16.3 Å². The maximum absolute atomic E-state index is 12.7. The van der Waals surface area contributed by atoms with Crippen molar-refractivity contribution in [3.63, 3.8) is 0 Å². The first kappa shape index (κ1) is 20.1. The van der Waals surface area contributed by atoms with Gasteiger partial charge in [-0.2, -0.15) is 5.26 Å². The summed E-state index contributed by atoms with van der Waals surface area (Å²) in [5.41, 5.74) is 1.49. The van der Waals surface area contributed by atoms with Gasteiger partial charge in [-0.1, -0.05) is 13.8 Å². The highest BCUT2D eigenvalue weighted by Crippen LogP contribution is 2.33. The van der Waals surface area contributed by atoms with Gasteiger partial charge in [0.1, 0.15) is 5.54 Å². The highest BCUT2D eigenvalue weighted by atomic mass is 16.5. The topological polar surface area (TPSA) is 74.6 Å². The molecule has 6 heteroatoms.